The predicted molar refractivity (Wildman–Crippen MR) is 87.4 cm³/mol. The fourth-order valence-corrected chi connectivity index (χ4v) is 4.17. The van der Waals surface area contributed by atoms with E-state index in [0.717, 1.165) is 5.92 Å². The monoisotopic (exact) mass is 277 g/mol. The van der Waals surface area contributed by atoms with Gasteiger partial charge in [-0.05, 0) is 49.4 Å². The fraction of sp³-hybridized carbons (Fsp3) is 0.400. The molecule has 1 heterocycles. The molecule has 1 atom stereocenters. The van der Waals surface area contributed by atoms with E-state index >= 15 is 0 Å². The highest BCUT2D eigenvalue weighted by atomic mass is 15.1. The molecule has 0 radical (unpaired) electrons. The van der Waals surface area contributed by atoms with E-state index in [0.29, 0.717) is 0 Å². The van der Waals surface area contributed by atoms with Gasteiger partial charge in [0.15, 0.2) is 0 Å². The summed E-state index contributed by atoms with van der Waals surface area (Å²) in [5.74, 6) is 0.778. The maximum absolute atomic E-state index is 2.66. The van der Waals surface area contributed by atoms with Crippen molar-refractivity contribution in [2.75, 3.05) is 19.6 Å². The Labute approximate surface area is 127 Å². The zero-order chi connectivity index (χ0) is 14.1. The molecule has 1 saturated carbocycles. The summed E-state index contributed by atoms with van der Waals surface area (Å²) >= 11 is 0. The highest BCUT2D eigenvalue weighted by molar-refractivity contribution is 5.47. The third kappa shape index (κ3) is 2.30. The van der Waals surface area contributed by atoms with Crippen molar-refractivity contribution in [3.8, 4) is 0 Å². The highest BCUT2D eigenvalue weighted by Crippen LogP contribution is 2.59. The molecule has 2 fully saturated rings. The van der Waals surface area contributed by atoms with Gasteiger partial charge in [-0.15, -0.1) is 0 Å². The topological polar surface area (TPSA) is 3.24 Å². The molecule has 4 rings (SSSR count). The summed E-state index contributed by atoms with van der Waals surface area (Å²) in [6, 6.07) is 22.3. The summed E-state index contributed by atoms with van der Waals surface area (Å²) in [5, 5.41) is 0. The largest absolute Gasteiger partial charge is 0.303 e. The first-order valence-electron chi connectivity index (χ1n) is 8.23. The lowest BCUT2D eigenvalue weighted by atomic mass is 9.85. The van der Waals surface area contributed by atoms with Gasteiger partial charge in [0.05, 0.1) is 0 Å². The van der Waals surface area contributed by atoms with Gasteiger partial charge in [-0.1, -0.05) is 60.7 Å². The summed E-state index contributed by atoms with van der Waals surface area (Å²) in [6.45, 7) is 3.87. The van der Waals surface area contributed by atoms with Gasteiger partial charge in [0.1, 0.15) is 0 Å². The van der Waals surface area contributed by atoms with Gasteiger partial charge < -0.3 is 4.90 Å². The van der Waals surface area contributed by atoms with Crippen LogP contribution in [0.25, 0.3) is 0 Å². The lowest BCUT2D eigenvalue weighted by molar-refractivity contribution is 0.316. The van der Waals surface area contributed by atoms with E-state index in [9.17, 15) is 0 Å². The molecular formula is C20H23N. The molecule has 1 unspecified atom stereocenters. The first-order valence-corrected chi connectivity index (χ1v) is 8.23. The van der Waals surface area contributed by atoms with Crippen molar-refractivity contribution in [2.45, 2.75) is 24.7 Å². The Kier molecular flexibility index (Phi) is 3.31. The molecule has 21 heavy (non-hydrogen) atoms. The maximum Gasteiger partial charge on any atom is 0.0247 e. The molecule has 1 aliphatic heterocycles. The molecule has 0 bridgehead atoms. The molecule has 0 N–H and O–H groups in total. The molecule has 2 aromatic rings. The Morgan fingerprint density at radius 3 is 1.86 bits per heavy atom. The van der Waals surface area contributed by atoms with E-state index in [1.165, 1.54) is 50.0 Å². The Morgan fingerprint density at radius 1 is 0.810 bits per heavy atom. The minimum absolute atomic E-state index is 0.269. The average Bonchev–Trinajstić information content (AvgIpc) is 3.03. The summed E-state index contributed by atoms with van der Waals surface area (Å²) < 4.78 is 0. The van der Waals surface area contributed by atoms with E-state index in [-0.39, 0.29) is 5.41 Å². The molecule has 1 nitrogen and oxygen atoms in total. The second-order valence-corrected chi connectivity index (χ2v) is 6.61. The zero-order valence-corrected chi connectivity index (χ0v) is 12.5. The molecule has 0 amide bonds. The van der Waals surface area contributed by atoms with Crippen molar-refractivity contribution in [1.29, 1.82) is 0 Å². The second kappa shape index (κ2) is 5.31. The third-order valence-electron chi connectivity index (χ3n) is 5.36. The van der Waals surface area contributed by atoms with Gasteiger partial charge in [0.25, 0.3) is 0 Å². The van der Waals surface area contributed by atoms with E-state index in [1.807, 2.05) is 0 Å². The lowest BCUT2D eigenvalue weighted by Crippen LogP contribution is -2.25. The van der Waals surface area contributed by atoms with Crippen LogP contribution >= 0.6 is 0 Å². The fourth-order valence-electron chi connectivity index (χ4n) is 4.17. The zero-order valence-electron chi connectivity index (χ0n) is 12.5. The van der Waals surface area contributed by atoms with Crippen LogP contribution in [0.4, 0.5) is 0 Å². The van der Waals surface area contributed by atoms with E-state index in [4.69, 9.17) is 0 Å². The average molecular weight is 277 g/mol. The van der Waals surface area contributed by atoms with Gasteiger partial charge in [-0.2, -0.15) is 0 Å². The molecule has 2 aromatic carbocycles. The van der Waals surface area contributed by atoms with Gasteiger partial charge in [-0.3, -0.25) is 0 Å². The van der Waals surface area contributed by atoms with Crippen molar-refractivity contribution in [3.63, 3.8) is 0 Å². The molecule has 1 heteroatoms. The number of nitrogens with zero attached hydrogens (tertiary/aromatic N) is 1. The first-order chi connectivity index (χ1) is 10.4. The van der Waals surface area contributed by atoms with Gasteiger partial charge in [0.2, 0.25) is 0 Å². The first kappa shape index (κ1) is 13.1. The van der Waals surface area contributed by atoms with Crippen molar-refractivity contribution in [3.05, 3.63) is 71.8 Å². The number of likely N-dealkylation sites (tertiary alicyclic amines) is 1. The van der Waals surface area contributed by atoms with Crippen molar-refractivity contribution in [1.82, 2.24) is 4.90 Å². The summed E-state index contributed by atoms with van der Waals surface area (Å²) in [7, 11) is 0. The molecule has 0 spiro atoms. The molecular weight excluding hydrogens is 254 g/mol. The van der Waals surface area contributed by atoms with E-state index in [1.54, 1.807) is 0 Å². The second-order valence-electron chi connectivity index (χ2n) is 6.61. The van der Waals surface area contributed by atoms with Crippen molar-refractivity contribution >= 4 is 0 Å². The van der Waals surface area contributed by atoms with Crippen molar-refractivity contribution in [2.24, 2.45) is 5.92 Å². The molecule has 0 aromatic heterocycles. The third-order valence-corrected chi connectivity index (χ3v) is 5.36. The molecule has 2 aliphatic rings. The molecule has 1 aliphatic carbocycles. The lowest BCUT2D eigenvalue weighted by Gasteiger charge is -2.22. The Bertz CT molecular complexity index is 544. The van der Waals surface area contributed by atoms with Crippen LogP contribution in [-0.4, -0.2) is 24.5 Å². The van der Waals surface area contributed by atoms with Gasteiger partial charge in [0, 0.05) is 12.0 Å². The van der Waals surface area contributed by atoms with Crippen LogP contribution in [0.3, 0.4) is 0 Å². The molecule has 1 saturated heterocycles. The number of hydrogen-bond acceptors (Lipinski definition) is 1. The normalized spacial score (nSPS) is 24.1. The summed E-state index contributed by atoms with van der Waals surface area (Å²) in [6.07, 6.45) is 4.07. The number of benzene rings is 2. The minimum atomic E-state index is 0.269. The van der Waals surface area contributed by atoms with Crippen LogP contribution in [-0.2, 0) is 5.41 Å². The van der Waals surface area contributed by atoms with Gasteiger partial charge in [-0.25, -0.2) is 0 Å². The smallest absolute Gasteiger partial charge is 0.0247 e. The maximum atomic E-state index is 2.66. The van der Waals surface area contributed by atoms with Crippen LogP contribution in [0.2, 0.25) is 0 Å². The SMILES string of the molecule is c1ccc(C2(c3ccccc3)CC2CN2CCCC2)cc1. The van der Waals surface area contributed by atoms with Crippen LogP contribution < -0.4 is 0 Å². The minimum Gasteiger partial charge on any atom is -0.303 e. The van der Waals surface area contributed by atoms with E-state index in [2.05, 4.69) is 65.6 Å². The Hall–Kier alpha value is -1.60. The quantitative estimate of drug-likeness (QED) is 0.813. The Balaban J connectivity index is 1.65. The van der Waals surface area contributed by atoms with Crippen LogP contribution in [0.15, 0.2) is 60.7 Å². The van der Waals surface area contributed by atoms with E-state index < -0.39 is 0 Å². The predicted octanol–water partition coefficient (Wildman–Crippen LogP) is 4.09. The summed E-state index contributed by atoms with van der Waals surface area (Å²) in [4.78, 5) is 2.66. The number of rotatable bonds is 4. The Morgan fingerprint density at radius 2 is 1.33 bits per heavy atom. The van der Waals surface area contributed by atoms with Gasteiger partial charge >= 0.3 is 0 Å². The van der Waals surface area contributed by atoms with Crippen LogP contribution in [0.1, 0.15) is 30.4 Å². The standard InChI is InChI=1S/C20H23N/c1-3-9-17(10-4-1)20(18-11-5-2-6-12-18)15-19(20)16-21-13-7-8-14-21/h1-6,9-12,19H,7-8,13-16H2. The van der Waals surface area contributed by atoms with Crippen molar-refractivity contribution < 1.29 is 0 Å². The summed E-state index contributed by atoms with van der Waals surface area (Å²) in [5.41, 5.74) is 3.27. The highest BCUT2D eigenvalue weighted by Gasteiger charge is 2.56. The van der Waals surface area contributed by atoms with Crippen LogP contribution in [0, 0.1) is 5.92 Å². The number of hydrogen-bond donors (Lipinski definition) is 0. The van der Waals surface area contributed by atoms with Crippen LogP contribution in [0.5, 0.6) is 0 Å². The molecule has 108 valence electrons.